The van der Waals surface area contributed by atoms with Gasteiger partial charge in [-0.2, -0.15) is 0 Å². The maximum absolute atomic E-state index is 10.6. The van der Waals surface area contributed by atoms with Crippen LogP contribution in [0.15, 0.2) is 59.1 Å². The molecule has 26 heavy (non-hydrogen) atoms. The van der Waals surface area contributed by atoms with Crippen LogP contribution in [0, 0.1) is 9.68 Å². The Balaban J connectivity index is 1.42. The zero-order valence-electron chi connectivity index (χ0n) is 14.3. The summed E-state index contributed by atoms with van der Waals surface area (Å²) in [4.78, 5) is 4.17. The van der Waals surface area contributed by atoms with Crippen molar-refractivity contribution in [2.45, 2.75) is 32.0 Å². The van der Waals surface area contributed by atoms with Gasteiger partial charge in [0.05, 0.1) is 6.20 Å². The third-order valence-corrected chi connectivity index (χ3v) is 5.39. The summed E-state index contributed by atoms with van der Waals surface area (Å²) in [5.41, 5.74) is 3.74. The number of aliphatic hydroxyl groups is 1. The number of aryl methyl sites for hydroxylation is 1. The van der Waals surface area contributed by atoms with Gasteiger partial charge in [0.25, 0.3) is 0 Å². The summed E-state index contributed by atoms with van der Waals surface area (Å²) in [6.07, 6.45) is 3.66. The molecule has 0 radical (unpaired) electrons. The lowest BCUT2D eigenvalue weighted by Gasteiger charge is -2.27. The second-order valence-corrected chi connectivity index (χ2v) is 7.72. The molecule has 3 aromatic rings. The first-order valence-electron chi connectivity index (χ1n) is 8.77. The Kier molecular flexibility index (Phi) is 5.26. The van der Waals surface area contributed by atoms with Crippen LogP contribution in [0.4, 0.5) is 0 Å². The number of hydrogen-bond donors (Lipinski definition) is 1. The Morgan fingerprint density at radius 3 is 2.81 bits per heavy atom. The van der Waals surface area contributed by atoms with Gasteiger partial charge in [0.1, 0.15) is 18.5 Å². The van der Waals surface area contributed by atoms with E-state index in [0.717, 1.165) is 30.6 Å². The van der Waals surface area contributed by atoms with Crippen LogP contribution in [0.3, 0.4) is 0 Å². The molecule has 0 saturated carbocycles. The minimum atomic E-state index is -0.652. The molecule has 4 nitrogen and oxygen atoms in total. The summed E-state index contributed by atoms with van der Waals surface area (Å²) < 4.78 is 12.1. The average molecular weight is 461 g/mol. The van der Waals surface area contributed by atoms with Gasteiger partial charge >= 0.3 is 0 Å². The zero-order chi connectivity index (χ0) is 17.9. The molecule has 0 saturated heterocycles. The van der Waals surface area contributed by atoms with Crippen molar-refractivity contribution in [3.05, 3.63) is 81.1 Å². The average Bonchev–Trinajstić information content (AvgIpc) is 3.12. The van der Waals surface area contributed by atoms with Gasteiger partial charge in [-0.15, -0.1) is 0 Å². The van der Waals surface area contributed by atoms with Gasteiger partial charge in [-0.25, -0.2) is 4.98 Å². The molecular formula is C21H20INO3. The van der Waals surface area contributed by atoms with Crippen molar-refractivity contribution in [2.24, 2.45) is 5.92 Å². The van der Waals surface area contributed by atoms with Gasteiger partial charge in [-0.05, 0) is 54.0 Å². The molecule has 1 N–H and O–H groups in total. The fraction of sp³-hybridized carbons (Fsp3) is 0.286. The van der Waals surface area contributed by atoms with Crippen molar-refractivity contribution < 1.29 is 14.3 Å². The van der Waals surface area contributed by atoms with Crippen LogP contribution in [0.1, 0.15) is 35.1 Å². The summed E-state index contributed by atoms with van der Waals surface area (Å²) in [5, 5.41) is 10.6. The van der Waals surface area contributed by atoms with Gasteiger partial charge in [-0.1, -0.05) is 36.4 Å². The Bertz CT molecular complexity index is 878. The SMILES string of the molecule is OC(c1ncc(I)o1)C1CCc2cc(OCc3ccccc3)ccc2C1. The quantitative estimate of drug-likeness (QED) is 0.560. The van der Waals surface area contributed by atoms with E-state index in [1.54, 1.807) is 6.20 Å². The van der Waals surface area contributed by atoms with Gasteiger partial charge in [0.15, 0.2) is 3.77 Å². The van der Waals surface area contributed by atoms with Gasteiger partial charge in [0.2, 0.25) is 5.89 Å². The number of hydrogen-bond acceptors (Lipinski definition) is 4. The molecule has 0 fully saturated rings. The number of fused-ring (bicyclic) bond motifs is 1. The van der Waals surface area contributed by atoms with Crippen molar-refractivity contribution in [3.63, 3.8) is 0 Å². The second-order valence-electron chi connectivity index (χ2n) is 6.66. The van der Waals surface area contributed by atoms with E-state index in [0.29, 0.717) is 16.3 Å². The Morgan fingerprint density at radius 1 is 1.19 bits per heavy atom. The topological polar surface area (TPSA) is 55.5 Å². The molecule has 2 atom stereocenters. The Labute approximate surface area is 166 Å². The first-order valence-corrected chi connectivity index (χ1v) is 9.85. The molecule has 2 unspecified atom stereocenters. The maximum atomic E-state index is 10.6. The lowest BCUT2D eigenvalue weighted by atomic mass is 9.81. The number of ether oxygens (including phenoxy) is 1. The van der Waals surface area contributed by atoms with E-state index in [4.69, 9.17) is 9.15 Å². The number of aromatic nitrogens is 1. The number of halogens is 1. The fourth-order valence-corrected chi connectivity index (χ4v) is 3.83. The van der Waals surface area contributed by atoms with E-state index in [9.17, 15) is 5.11 Å². The maximum Gasteiger partial charge on any atom is 0.224 e. The highest BCUT2D eigenvalue weighted by Crippen LogP contribution is 2.35. The summed E-state index contributed by atoms with van der Waals surface area (Å²) in [5.74, 6) is 1.45. The highest BCUT2D eigenvalue weighted by molar-refractivity contribution is 14.1. The number of oxazole rings is 1. The monoisotopic (exact) mass is 461 g/mol. The highest BCUT2D eigenvalue weighted by Gasteiger charge is 2.29. The molecule has 1 aliphatic carbocycles. The van der Waals surface area contributed by atoms with Crippen molar-refractivity contribution in [1.29, 1.82) is 0 Å². The highest BCUT2D eigenvalue weighted by atomic mass is 127. The molecule has 0 spiro atoms. The van der Waals surface area contributed by atoms with Crippen LogP contribution in [-0.2, 0) is 19.4 Å². The van der Waals surface area contributed by atoms with Crippen LogP contribution in [0.25, 0.3) is 0 Å². The predicted molar refractivity (Wildman–Crippen MR) is 107 cm³/mol. The summed E-state index contributed by atoms with van der Waals surface area (Å²) in [6.45, 7) is 0.573. The van der Waals surface area contributed by atoms with Gasteiger partial charge in [-0.3, -0.25) is 0 Å². The first-order chi connectivity index (χ1) is 12.7. The molecule has 2 aromatic carbocycles. The van der Waals surface area contributed by atoms with Gasteiger partial charge in [0, 0.05) is 22.6 Å². The van der Waals surface area contributed by atoms with Gasteiger partial charge < -0.3 is 14.3 Å². The van der Waals surface area contributed by atoms with E-state index < -0.39 is 6.10 Å². The van der Waals surface area contributed by atoms with Crippen LogP contribution in [0.2, 0.25) is 0 Å². The smallest absolute Gasteiger partial charge is 0.224 e. The molecular weight excluding hydrogens is 441 g/mol. The van der Waals surface area contributed by atoms with Crippen LogP contribution < -0.4 is 4.74 Å². The van der Waals surface area contributed by atoms with E-state index in [1.165, 1.54) is 11.1 Å². The molecule has 1 aliphatic rings. The van der Waals surface area contributed by atoms with E-state index >= 15 is 0 Å². The van der Waals surface area contributed by atoms with Crippen molar-refractivity contribution in [3.8, 4) is 5.75 Å². The number of benzene rings is 2. The third-order valence-electron chi connectivity index (χ3n) is 4.89. The zero-order valence-corrected chi connectivity index (χ0v) is 16.4. The lowest BCUT2D eigenvalue weighted by Crippen LogP contribution is -2.21. The summed E-state index contributed by atoms with van der Waals surface area (Å²) in [6, 6.07) is 16.4. The number of aliphatic hydroxyl groups excluding tert-OH is 1. The van der Waals surface area contributed by atoms with Crippen molar-refractivity contribution in [2.75, 3.05) is 0 Å². The minimum absolute atomic E-state index is 0.132. The molecule has 1 heterocycles. The molecule has 5 heteroatoms. The fourth-order valence-electron chi connectivity index (χ4n) is 3.47. The van der Waals surface area contributed by atoms with Crippen LogP contribution in [-0.4, -0.2) is 10.1 Å². The molecule has 0 bridgehead atoms. The molecule has 0 aliphatic heterocycles. The third kappa shape index (κ3) is 3.94. The van der Waals surface area contributed by atoms with Crippen LogP contribution >= 0.6 is 22.6 Å². The minimum Gasteiger partial charge on any atom is -0.489 e. The number of nitrogens with zero attached hydrogens (tertiary/aromatic N) is 1. The lowest BCUT2D eigenvalue weighted by molar-refractivity contribution is 0.0721. The Hall–Kier alpha value is -1.86. The first kappa shape index (κ1) is 17.5. The molecule has 134 valence electrons. The van der Waals surface area contributed by atoms with E-state index in [2.05, 4.69) is 51.8 Å². The molecule has 4 rings (SSSR count). The largest absolute Gasteiger partial charge is 0.489 e. The number of rotatable bonds is 5. The second kappa shape index (κ2) is 7.80. The van der Waals surface area contributed by atoms with E-state index in [-0.39, 0.29) is 5.92 Å². The van der Waals surface area contributed by atoms with Crippen molar-refractivity contribution >= 4 is 22.6 Å². The molecule has 1 aromatic heterocycles. The summed E-state index contributed by atoms with van der Waals surface area (Å²) in [7, 11) is 0. The van der Waals surface area contributed by atoms with Crippen LogP contribution in [0.5, 0.6) is 5.75 Å². The Morgan fingerprint density at radius 2 is 2.04 bits per heavy atom. The standard InChI is InChI=1S/C21H20INO3/c22-19-12-23-21(26-19)20(24)17-7-6-16-11-18(9-8-15(16)10-17)25-13-14-4-2-1-3-5-14/h1-5,8-9,11-12,17,20,24H,6-7,10,13H2. The van der Waals surface area contributed by atoms with Crippen molar-refractivity contribution in [1.82, 2.24) is 4.98 Å². The molecule has 0 amide bonds. The predicted octanol–water partition coefficient (Wildman–Crippen LogP) is 4.70. The normalized spacial score (nSPS) is 17.5. The van der Waals surface area contributed by atoms with E-state index in [1.807, 2.05) is 24.3 Å². The summed E-state index contributed by atoms with van der Waals surface area (Å²) >= 11 is 2.07.